The molecule has 0 bridgehead atoms. The second kappa shape index (κ2) is 7.09. The van der Waals surface area contributed by atoms with Gasteiger partial charge in [-0.05, 0) is 43.5 Å². The molecule has 0 aliphatic heterocycles. The first-order valence-corrected chi connectivity index (χ1v) is 10.8. The predicted molar refractivity (Wildman–Crippen MR) is 113 cm³/mol. The van der Waals surface area contributed by atoms with Crippen molar-refractivity contribution >= 4 is 28.3 Å². The van der Waals surface area contributed by atoms with Gasteiger partial charge in [0, 0.05) is 24.2 Å². The van der Waals surface area contributed by atoms with Crippen LogP contribution in [0.15, 0.2) is 58.7 Å². The van der Waals surface area contributed by atoms with Crippen molar-refractivity contribution in [2.24, 2.45) is 0 Å². The van der Waals surface area contributed by atoms with Crippen LogP contribution in [0.3, 0.4) is 0 Å². The smallest absolute Gasteiger partial charge is 0.262 e. The number of fused-ring (bicyclic) bond motifs is 2. The average Bonchev–Trinajstić information content (AvgIpc) is 3.37. The van der Waals surface area contributed by atoms with Crippen LogP contribution in [0.1, 0.15) is 43.0 Å². The van der Waals surface area contributed by atoms with E-state index >= 15 is 0 Å². The summed E-state index contributed by atoms with van der Waals surface area (Å²) in [6.45, 7) is 2.07. The van der Waals surface area contributed by atoms with Gasteiger partial charge in [-0.3, -0.25) is 9.36 Å². The van der Waals surface area contributed by atoms with E-state index in [9.17, 15) is 4.79 Å². The number of nitrogens with zero attached hydrogens (tertiary/aromatic N) is 4. The van der Waals surface area contributed by atoms with Gasteiger partial charge >= 0.3 is 0 Å². The van der Waals surface area contributed by atoms with Crippen LogP contribution in [0.25, 0.3) is 16.6 Å². The van der Waals surface area contributed by atoms with Crippen LogP contribution in [-0.2, 0) is 5.75 Å². The first-order chi connectivity index (χ1) is 13.7. The maximum atomic E-state index is 13.2. The van der Waals surface area contributed by atoms with E-state index in [-0.39, 0.29) is 11.6 Å². The molecule has 142 valence electrons. The predicted octanol–water partition coefficient (Wildman–Crippen LogP) is 4.76. The van der Waals surface area contributed by atoms with E-state index in [4.69, 9.17) is 9.97 Å². The van der Waals surface area contributed by atoms with E-state index in [1.54, 1.807) is 11.8 Å². The van der Waals surface area contributed by atoms with Gasteiger partial charge in [0.1, 0.15) is 5.65 Å². The molecule has 1 saturated carbocycles. The Morgan fingerprint density at radius 1 is 1.11 bits per heavy atom. The topological polar surface area (TPSA) is 52.2 Å². The average molecular weight is 391 g/mol. The van der Waals surface area contributed by atoms with E-state index < -0.39 is 0 Å². The van der Waals surface area contributed by atoms with Gasteiger partial charge in [-0.1, -0.05) is 42.8 Å². The molecule has 1 aromatic carbocycles. The SMILES string of the molecule is Cc1cccn2cc(CSc3nc4ccccc4c(=O)n3C3CCCC3)nc12. The number of hydrogen-bond acceptors (Lipinski definition) is 4. The van der Waals surface area contributed by atoms with Crippen molar-refractivity contribution < 1.29 is 0 Å². The van der Waals surface area contributed by atoms with Gasteiger partial charge in [0.25, 0.3) is 5.56 Å². The molecule has 0 atom stereocenters. The summed E-state index contributed by atoms with van der Waals surface area (Å²) in [7, 11) is 0. The lowest BCUT2D eigenvalue weighted by Gasteiger charge is -2.18. The number of aromatic nitrogens is 4. The van der Waals surface area contributed by atoms with Crippen molar-refractivity contribution in [2.45, 2.75) is 49.6 Å². The Labute approximate surface area is 167 Å². The van der Waals surface area contributed by atoms with Crippen molar-refractivity contribution in [3.63, 3.8) is 0 Å². The summed E-state index contributed by atoms with van der Waals surface area (Å²) in [5.41, 5.74) is 4.00. The first kappa shape index (κ1) is 17.5. The lowest BCUT2D eigenvalue weighted by atomic mass is 10.2. The quantitative estimate of drug-likeness (QED) is 0.372. The minimum Gasteiger partial charge on any atom is -0.307 e. The number of rotatable bonds is 4. The minimum absolute atomic E-state index is 0.0887. The van der Waals surface area contributed by atoms with Crippen molar-refractivity contribution in [1.29, 1.82) is 0 Å². The van der Waals surface area contributed by atoms with Crippen molar-refractivity contribution in [3.8, 4) is 0 Å². The number of benzene rings is 1. The number of aryl methyl sites for hydroxylation is 1. The molecule has 0 amide bonds. The lowest BCUT2D eigenvalue weighted by Crippen LogP contribution is -2.26. The van der Waals surface area contributed by atoms with Crippen molar-refractivity contribution in [3.05, 3.63) is 70.4 Å². The second-order valence-corrected chi connectivity index (χ2v) is 8.41. The molecular weight excluding hydrogens is 368 g/mol. The second-order valence-electron chi connectivity index (χ2n) is 7.47. The van der Waals surface area contributed by atoms with E-state index in [0.29, 0.717) is 11.1 Å². The third kappa shape index (κ3) is 3.02. The Kier molecular flexibility index (Phi) is 4.43. The summed E-state index contributed by atoms with van der Waals surface area (Å²) in [5.74, 6) is 0.693. The third-order valence-electron chi connectivity index (χ3n) is 5.54. The lowest BCUT2D eigenvalue weighted by molar-refractivity contribution is 0.457. The Bertz CT molecular complexity index is 1220. The van der Waals surface area contributed by atoms with Crippen LogP contribution in [0.2, 0.25) is 0 Å². The monoisotopic (exact) mass is 390 g/mol. The molecule has 6 heteroatoms. The highest BCUT2D eigenvalue weighted by Crippen LogP contribution is 2.33. The number of imidazole rings is 1. The van der Waals surface area contributed by atoms with E-state index in [1.807, 2.05) is 41.1 Å². The normalized spacial score (nSPS) is 15.0. The van der Waals surface area contributed by atoms with Crippen molar-refractivity contribution in [1.82, 2.24) is 18.9 Å². The molecule has 0 spiro atoms. The zero-order chi connectivity index (χ0) is 19.1. The molecule has 0 N–H and O–H groups in total. The number of pyridine rings is 1. The Morgan fingerprint density at radius 3 is 2.75 bits per heavy atom. The van der Waals surface area contributed by atoms with Crippen LogP contribution in [0.5, 0.6) is 0 Å². The van der Waals surface area contributed by atoms with Gasteiger partial charge in [0.05, 0.1) is 16.6 Å². The summed E-state index contributed by atoms with van der Waals surface area (Å²) in [4.78, 5) is 22.8. The highest BCUT2D eigenvalue weighted by Gasteiger charge is 2.23. The molecule has 0 radical (unpaired) electrons. The molecule has 5 rings (SSSR count). The molecule has 0 saturated heterocycles. The Hall–Kier alpha value is -2.60. The molecule has 3 aromatic heterocycles. The fraction of sp³-hybridized carbons (Fsp3) is 0.318. The minimum atomic E-state index is 0.0887. The van der Waals surface area contributed by atoms with Crippen molar-refractivity contribution in [2.75, 3.05) is 0 Å². The summed E-state index contributed by atoms with van der Waals surface area (Å²) >= 11 is 1.61. The molecule has 1 fully saturated rings. The van der Waals surface area contributed by atoms with Gasteiger partial charge < -0.3 is 4.40 Å². The molecular formula is C22H22N4OS. The maximum Gasteiger partial charge on any atom is 0.262 e. The molecule has 4 aromatic rings. The molecule has 1 aliphatic rings. The summed E-state index contributed by atoms with van der Waals surface area (Å²) in [5, 5.41) is 1.52. The molecule has 3 heterocycles. The summed E-state index contributed by atoms with van der Waals surface area (Å²) in [6, 6.07) is 12.0. The molecule has 5 nitrogen and oxygen atoms in total. The fourth-order valence-electron chi connectivity index (χ4n) is 4.12. The largest absolute Gasteiger partial charge is 0.307 e. The molecule has 0 unspecified atom stereocenters. The van der Waals surface area contributed by atoms with Crippen LogP contribution < -0.4 is 5.56 Å². The zero-order valence-electron chi connectivity index (χ0n) is 15.8. The van der Waals surface area contributed by atoms with Crippen LogP contribution in [0, 0.1) is 6.92 Å². The van der Waals surface area contributed by atoms with Gasteiger partial charge in [-0.25, -0.2) is 9.97 Å². The van der Waals surface area contributed by atoms with E-state index in [2.05, 4.69) is 23.6 Å². The van der Waals surface area contributed by atoms with Gasteiger partial charge in [0.2, 0.25) is 0 Å². The first-order valence-electron chi connectivity index (χ1n) is 9.78. The summed E-state index contributed by atoms with van der Waals surface area (Å²) < 4.78 is 4.00. The number of para-hydroxylation sites is 1. The maximum absolute atomic E-state index is 13.2. The van der Waals surface area contributed by atoms with E-state index in [1.165, 1.54) is 12.8 Å². The fourth-order valence-corrected chi connectivity index (χ4v) is 5.07. The van der Waals surface area contributed by atoms with Gasteiger partial charge in [0.15, 0.2) is 5.16 Å². The zero-order valence-corrected chi connectivity index (χ0v) is 16.7. The van der Waals surface area contributed by atoms with E-state index in [0.717, 1.165) is 40.4 Å². The van der Waals surface area contributed by atoms with Crippen LogP contribution >= 0.6 is 11.8 Å². The standard InChI is InChI=1S/C22H22N4OS/c1-15-7-6-12-25-13-16(23-20(15)25)14-28-22-24-19-11-5-4-10-18(19)21(27)26(22)17-8-2-3-9-17/h4-7,10-13,17H,2-3,8-9,14H2,1H3. The summed E-state index contributed by atoms with van der Waals surface area (Å²) in [6.07, 6.45) is 8.56. The Morgan fingerprint density at radius 2 is 1.93 bits per heavy atom. The van der Waals surface area contributed by atoms with Gasteiger partial charge in [-0.2, -0.15) is 0 Å². The molecule has 28 heavy (non-hydrogen) atoms. The van der Waals surface area contributed by atoms with Crippen LogP contribution in [-0.4, -0.2) is 18.9 Å². The van der Waals surface area contributed by atoms with Gasteiger partial charge in [-0.15, -0.1) is 0 Å². The highest BCUT2D eigenvalue weighted by molar-refractivity contribution is 7.98. The molecule has 1 aliphatic carbocycles. The number of hydrogen-bond donors (Lipinski definition) is 0. The van der Waals surface area contributed by atoms with Crippen LogP contribution in [0.4, 0.5) is 0 Å². The number of thioether (sulfide) groups is 1. The Balaban J connectivity index is 1.54. The third-order valence-corrected chi connectivity index (χ3v) is 6.53. The highest BCUT2D eigenvalue weighted by atomic mass is 32.2.